The molecule has 0 heterocycles. The third kappa shape index (κ3) is 4.27. The zero-order chi connectivity index (χ0) is 13.6. The number of aliphatic hydroxyl groups excluding tert-OH is 1. The average Bonchev–Trinajstić information content (AvgIpc) is 2.33. The molecule has 0 radical (unpaired) electrons. The highest BCUT2D eigenvalue weighted by molar-refractivity contribution is 5.79. The molecule has 1 aliphatic rings. The fraction of sp³-hybridized carbons (Fsp3) is 0.933. The molecule has 1 saturated carbocycles. The van der Waals surface area contributed by atoms with Crippen molar-refractivity contribution in [1.29, 1.82) is 0 Å². The zero-order valence-electron chi connectivity index (χ0n) is 12.2. The molecular weight excluding hydrogens is 226 g/mol. The maximum absolute atomic E-state index is 12.3. The third-order valence-corrected chi connectivity index (χ3v) is 4.50. The first kappa shape index (κ1) is 15.5. The van der Waals surface area contributed by atoms with Gasteiger partial charge in [0.05, 0.1) is 0 Å². The van der Waals surface area contributed by atoms with Gasteiger partial charge in [-0.2, -0.15) is 0 Å². The molecule has 0 bridgehead atoms. The van der Waals surface area contributed by atoms with Crippen LogP contribution in [0.1, 0.15) is 59.3 Å². The Hall–Kier alpha value is -0.570. The SMILES string of the molecule is CCC(CCO)CNC(=O)C1CCCCC1(C)C. The summed E-state index contributed by atoms with van der Waals surface area (Å²) >= 11 is 0. The topological polar surface area (TPSA) is 49.3 Å². The molecule has 2 unspecified atom stereocenters. The lowest BCUT2D eigenvalue weighted by molar-refractivity contribution is -0.130. The second kappa shape index (κ2) is 7.13. The Morgan fingerprint density at radius 2 is 2.17 bits per heavy atom. The van der Waals surface area contributed by atoms with Crippen molar-refractivity contribution in [2.24, 2.45) is 17.3 Å². The molecular formula is C15H29NO2. The fourth-order valence-electron chi connectivity index (χ4n) is 2.98. The van der Waals surface area contributed by atoms with Crippen LogP contribution in [-0.2, 0) is 4.79 Å². The van der Waals surface area contributed by atoms with Crippen LogP contribution < -0.4 is 5.32 Å². The van der Waals surface area contributed by atoms with Crippen molar-refractivity contribution in [3.63, 3.8) is 0 Å². The first-order chi connectivity index (χ1) is 8.51. The van der Waals surface area contributed by atoms with Gasteiger partial charge in [0, 0.05) is 19.1 Å². The highest BCUT2D eigenvalue weighted by Crippen LogP contribution is 2.40. The van der Waals surface area contributed by atoms with E-state index in [1.54, 1.807) is 0 Å². The minimum atomic E-state index is 0.140. The van der Waals surface area contributed by atoms with E-state index in [-0.39, 0.29) is 23.8 Å². The predicted octanol–water partition coefficient (Wildman–Crippen LogP) is 2.73. The number of nitrogens with one attached hydrogen (secondary N) is 1. The molecule has 0 spiro atoms. The lowest BCUT2D eigenvalue weighted by Gasteiger charge is -2.37. The molecule has 1 rings (SSSR count). The standard InChI is InChI=1S/C15H29NO2/c1-4-12(8-10-17)11-16-14(18)13-7-5-6-9-15(13,2)3/h12-13,17H,4-11H2,1-3H3,(H,16,18). The molecule has 18 heavy (non-hydrogen) atoms. The lowest BCUT2D eigenvalue weighted by atomic mass is 9.68. The van der Waals surface area contributed by atoms with Crippen LogP contribution in [0.2, 0.25) is 0 Å². The van der Waals surface area contributed by atoms with Crippen molar-refractivity contribution in [3.8, 4) is 0 Å². The van der Waals surface area contributed by atoms with Crippen molar-refractivity contribution in [2.75, 3.05) is 13.2 Å². The van der Waals surface area contributed by atoms with E-state index in [0.29, 0.717) is 12.5 Å². The number of aliphatic hydroxyl groups is 1. The van der Waals surface area contributed by atoms with Gasteiger partial charge in [-0.1, -0.05) is 40.0 Å². The Balaban J connectivity index is 2.44. The first-order valence-electron chi connectivity index (χ1n) is 7.39. The highest BCUT2D eigenvalue weighted by atomic mass is 16.3. The summed E-state index contributed by atoms with van der Waals surface area (Å²) in [5.74, 6) is 0.791. The molecule has 106 valence electrons. The van der Waals surface area contributed by atoms with E-state index in [9.17, 15) is 4.79 Å². The predicted molar refractivity (Wildman–Crippen MR) is 74.2 cm³/mol. The van der Waals surface area contributed by atoms with Crippen molar-refractivity contribution in [1.82, 2.24) is 5.32 Å². The van der Waals surface area contributed by atoms with Crippen LogP contribution in [0.5, 0.6) is 0 Å². The van der Waals surface area contributed by atoms with E-state index in [1.807, 2.05) is 0 Å². The molecule has 0 aromatic rings. The summed E-state index contributed by atoms with van der Waals surface area (Å²) < 4.78 is 0. The maximum Gasteiger partial charge on any atom is 0.223 e. The van der Waals surface area contributed by atoms with Gasteiger partial charge in [-0.05, 0) is 30.6 Å². The van der Waals surface area contributed by atoms with Gasteiger partial charge in [-0.15, -0.1) is 0 Å². The molecule has 1 amide bonds. The summed E-state index contributed by atoms with van der Waals surface area (Å²) in [4.78, 5) is 12.3. The normalized spacial score (nSPS) is 24.6. The minimum absolute atomic E-state index is 0.140. The molecule has 0 saturated heterocycles. The Kier molecular flexibility index (Phi) is 6.13. The van der Waals surface area contributed by atoms with Gasteiger partial charge in [-0.25, -0.2) is 0 Å². The largest absolute Gasteiger partial charge is 0.396 e. The van der Waals surface area contributed by atoms with Crippen LogP contribution in [0.15, 0.2) is 0 Å². The van der Waals surface area contributed by atoms with E-state index in [4.69, 9.17) is 5.11 Å². The number of hydrogen-bond acceptors (Lipinski definition) is 2. The number of hydrogen-bond donors (Lipinski definition) is 2. The first-order valence-corrected chi connectivity index (χ1v) is 7.39. The third-order valence-electron chi connectivity index (χ3n) is 4.50. The zero-order valence-corrected chi connectivity index (χ0v) is 12.2. The summed E-state index contributed by atoms with van der Waals surface area (Å²) in [5.41, 5.74) is 0.140. The van der Waals surface area contributed by atoms with Crippen LogP contribution in [0.25, 0.3) is 0 Å². The Morgan fingerprint density at radius 3 is 2.72 bits per heavy atom. The van der Waals surface area contributed by atoms with Gasteiger partial charge in [0.1, 0.15) is 0 Å². The van der Waals surface area contributed by atoms with Crippen LogP contribution in [0.4, 0.5) is 0 Å². The molecule has 0 aromatic carbocycles. The molecule has 3 heteroatoms. The maximum atomic E-state index is 12.3. The van der Waals surface area contributed by atoms with Gasteiger partial charge in [-0.3, -0.25) is 4.79 Å². The van der Waals surface area contributed by atoms with E-state index in [0.717, 1.165) is 25.7 Å². The van der Waals surface area contributed by atoms with Crippen molar-refractivity contribution >= 4 is 5.91 Å². The van der Waals surface area contributed by atoms with E-state index >= 15 is 0 Å². The molecule has 2 atom stereocenters. The van der Waals surface area contributed by atoms with Gasteiger partial charge >= 0.3 is 0 Å². The van der Waals surface area contributed by atoms with Crippen molar-refractivity contribution in [3.05, 3.63) is 0 Å². The Labute approximate surface area is 111 Å². The fourth-order valence-corrected chi connectivity index (χ4v) is 2.98. The quantitative estimate of drug-likeness (QED) is 0.766. The highest BCUT2D eigenvalue weighted by Gasteiger charge is 2.36. The van der Waals surface area contributed by atoms with Crippen LogP contribution in [-0.4, -0.2) is 24.2 Å². The van der Waals surface area contributed by atoms with Gasteiger partial charge in [0.2, 0.25) is 5.91 Å². The van der Waals surface area contributed by atoms with Crippen molar-refractivity contribution in [2.45, 2.75) is 59.3 Å². The molecule has 1 aliphatic carbocycles. The second-order valence-corrected chi connectivity index (χ2v) is 6.32. The van der Waals surface area contributed by atoms with Crippen molar-refractivity contribution < 1.29 is 9.90 Å². The molecule has 3 nitrogen and oxygen atoms in total. The van der Waals surface area contributed by atoms with E-state index in [2.05, 4.69) is 26.1 Å². The lowest BCUT2D eigenvalue weighted by Crippen LogP contribution is -2.42. The molecule has 0 aromatic heterocycles. The number of amides is 1. The van der Waals surface area contributed by atoms with Gasteiger partial charge in [0.15, 0.2) is 0 Å². The second-order valence-electron chi connectivity index (χ2n) is 6.32. The van der Waals surface area contributed by atoms with Gasteiger partial charge in [0.25, 0.3) is 0 Å². The monoisotopic (exact) mass is 255 g/mol. The summed E-state index contributed by atoms with van der Waals surface area (Å²) in [6.45, 7) is 7.45. The average molecular weight is 255 g/mol. The minimum Gasteiger partial charge on any atom is -0.396 e. The van der Waals surface area contributed by atoms with Crippen LogP contribution in [0, 0.1) is 17.3 Å². The number of carbonyl (C=O) groups excluding carboxylic acids is 1. The summed E-state index contributed by atoms with van der Waals surface area (Å²) in [6, 6.07) is 0. The van der Waals surface area contributed by atoms with Gasteiger partial charge < -0.3 is 10.4 Å². The number of carbonyl (C=O) groups is 1. The Bertz CT molecular complexity index is 263. The number of rotatable bonds is 6. The Morgan fingerprint density at radius 1 is 1.44 bits per heavy atom. The van der Waals surface area contributed by atoms with Crippen LogP contribution >= 0.6 is 0 Å². The summed E-state index contributed by atoms with van der Waals surface area (Å²) in [6.07, 6.45) is 6.39. The van der Waals surface area contributed by atoms with Crippen LogP contribution in [0.3, 0.4) is 0 Å². The molecule has 1 fully saturated rings. The summed E-state index contributed by atoms with van der Waals surface area (Å²) in [5, 5.41) is 12.0. The van der Waals surface area contributed by atoms with E-state index < -0.39 is 0 Å². The molecule has 0 aliphatic heterocycles. The van der Waals surface area contributed by atoms with E-state index in [1.165, 1.54) is 12.8 Å². The smallest absolute Gasteiger partial charge is 0.223 e. The molecule has 2 N–H and O–H groups in total. The summed E-state index contributed by atoms with van der Waals surface area (Å²) in [7, 11) is 0.